The Hall–Kier alpha value is -2.31. The zero-order valence-electron chi connectivity index (χ0n) is 16.4. The Balaban J connectivity index is 1.42. The van der Waals surface area contributed by atoms with E-state index in [2.05, 4.69) is 4.90 Å². The van der Waals surface area contributed by atoms with E-state index >= 15 is 0 Å². The molecule has 30 heavy (non-hydrogen) atoms. The maximum Gasteiger partial charge on any atom is 0.256 e. The molecule has 5 nitrogen and oxygen atoms in total. The number of halogens is 3. The van der Waals surface area contributed by atoms with Gasteiger partial charge in [-0.25, -0.2) is 4.39 Å². The molecule has 158 valence electrons. The predicted molar refractivity (Wildman–Crippen MR) is 116 cm³/mol. The van der Waals surface area contributed by atoms with Gasteiger partial charge in [-0.2, -0.15) is 0 Å². The molecule has 2 saturated heterocycles. The number of carbonyl (C=O) groups excluding carboxylic acids is 2. The standard InChI is InChI=1S/C22H22Cl2FN3O2/c23-15-3-8-19(24)18(14-15)21(29)28-9-1-2-20(28)22(30)27-12-10-26(11-13-27)17-6-4-16(25)5-7-17/h3-8,14,20H,1-2,9-13H2. The first-order valence-corrected chi connectivity index (χ1v) is 10.7. The van der Waals surface area contributed by atoms with Crippen LogP contribution < -0.4 is 4.90 Å². The number of nitrogens with zero attached hydrogens (tertiary/aromatic N) is 3. The van der Waals surface area contributed by atoms with Gasteiger partial charge in [-0.15, -0.1) is 0 Å². The number of rotatable bonds is 3. The van der Waals surface area contributed by atoms with Gasteiger partial charge in [0.2, 0.25) is 5.91 Å². The second-order valence-corrected chi connectivity index (χ2v) is 8.41. The lowest BCUT2D eigenvalue weighted by Gasteiger charge is -2.38. The molecular formula is C22H22Cl2FN3O2. The lowest BCUT2D eigenvalue weighted by molar-refractivity contribution is -0.135. The smallest absolute Gasteiger partial charge is 0.256 e. The quantitative estimate of drug-likeness (QED) is 0.708. The first-order chi connectivity index (χ1) is 14.4. The minimum atomic E-state index is -0.482. The Kier molecular flexibility index (Phi) is 6.16. The third kappa shape index (κ3) is 4.25. The first kappa shape index (κ1) is 20.9. The average molecular weight is 450 g/mol. The fourth-order valence-electron chi connectivity index (χ4n) is 4.13. The highest BCUT2D eigenvalue weighted by Gasteiger charge is 2.38. The molecule has 1 atom stereocenters. The van der Waals surface area contributed by atoms with Crippen LogP contribution in [0.4, 0.5) is 10.1 Å². The number of anilines is 1. The van der Waals surface area contributed by atoms with Crippen LogP contribution in [0.15, 0.2) is 42.5 Å². The molecule has 2 aromatic carbocycles. The van der Waals surface area contributed by atoms with Crippen molar-refractivity contribution in [3.63, 3.8) is 0 Å². The van der Waals surface area contributed by atoms with Gasteiger partial charge in [0.1, 0.15) is 11.9 Å². The molecule has 0 bridgehead atoms. The van der Waals surface area contributed by atoms with Gasteiger partial charge in [-0.1, -0.05) is 23.2 Å². The summed E-state index contributed by atoms with van der Waals surface area (Å²) in [5.41, 5.74) is 1.27. The van der Waals surface area contributed by atoms with Gasteiger partial charge >= 0.3 is 0 Å². The summed E-state index contributed by atoms with van der Waals surface area (Å²) >= 11 is 12.2. The average Bonchev–Trinajstić information content (AvgIpc) is 3.25. The van der Waals surface area contributed by atoms with Crippen molar-refractivity contribution in [2.24, 2.45) is 0 Å². The van der Waals surface area contributed by atoms with Crippen molar-refractivity contribution in [1.29, 1.82) is 0 Å². The van der Waals surface area contributed by atoms with Crippen LogP contribution in [0, 0.1) is 5.82 Å². The van der Waals surface area contributed by atoms with Gasteiger partial charge in [0, 0.05) is 43.4 Å². The molecule has 8 heteroatoms. The molecule has 0 N–H and O–H groups in total. The molecule has 2 aliphatic rings. The molecule has 2 amide bonds. The zero-order valence-corrected chi connectivity index (χ0v) is 17.9. The largest absolute Gasteiger partial charge is 0.368 e. The molecule has 1 unspecified atom stereocenters. The lowest BCUT2D eigenvalue weighted by Crippen LogP contribution is -2.54. The Morgan fingerprint density at radius 2 is 1.63 bits per heavy atom. The van der Waals surface area contributed by atoms with Gasteiger partial charge in [-0.05, 0) is 55.3 Å². The number of hydrogen-bond donors (Lipinski definition) is 0. The van der Waals surface area contributed by atoms with Crippen molar-refractivity contribution < 1.29 is 14.0 Å². The summed E-state index contributed by atoms with van der Waals surface area (Å²) in [6.45, 7) is 2.98. The number of likely N-dealkylation sites (tertiary alicyclic amines) is 1. The van der Waals surface area contributed by atoms with Crippen molar-refractivity contribution in [2.75, 3.05) is 37.6 Å². The van der Waals surface area contributed by atoms with Crippen LogP contribution in [0.5, 0.6) is 0 Å². The van der Waals surface area contributed by atoms with E-state index in [1.807, 2.05) is 4.90 Å². The van der Waals surface area contributed by atoms with Crippen LogP contribution in [-0.2, 0) is 4.79 Å². The molecule has 0 aromatic heterocycles. The summed E-state index contributed by atoms with van der Waals surface area (Å²) in [4.78, 5) is 31.8. The molecule has 0 radical (unpaired) electrons. The summed E-state index contributed by atoms with van der Waals surface area (Å²) in [5.74, 6) is -0.556. The molecule has 0 spiro atoms. The van der Waals surface area contributed by atoms with E-state index < -0.39 is 6.04 Å². The molecule has 2 aromatic rings. The SMILES string of the molecule is O=C(C1CCCN1C(=O)c1cc(Cl)ccc1Cl)N1CCN(c2ccc(F)cc2)CC1. The molecule has 2 aliphatic heterocycles. The third-order valence-electron chi connectivity index (χ3n) is 5.74. The van der Waals surface area contributed by atoms with Gasteiger partial charge in [0.15, 0.2) is 0 Å². The molecule has 4 rings (SSSR count). The highest BCUT2D eigenvalue weighted by Crippen LogP contribution is 2.27. The van der Waals surface area contributed by atoms with Crippen molar-refractivity contribution in [2.45, 2.75) is 18.9 Å². The van der Waals surface area contributed by atoms with E-state index in [9.17, 15) is 14.0 Å². The maximum atomic E-state index is 13.2. The summed E-state index contributed by atoms with van der Waals surface area (Å²) < 4.78 is 13.1. The molecule has 0 aliphatic carbocycles. The Bertz CT molecular complexity index is 946. The van der Waals surface area contributed by atoms with Crippen molar-refractivity contribution in [3.8, 4) is 0 Å². The van der Waals surface area contributed by atoms with Gasteiger partial charge < -0.3 is 14.7 Å². The summed E-state index contributed by atoms with van der Waals surface area (Å²) in [6.07, 6.45) is 1.41. The monoisotopic (exact) mass is 449 g/mol. The lowest BCUT2D eigenvalue weighted by atomic mass is 10.1. The number of hydrogen-bond acceptors (Lipinski definition) is 3. The van der Waals surface area contributed by atoms with Crippen molar-refractivity contribution in [3.05, 3.63) is 63.9 Å². The van der Waals surface area contributed by atoms with E-state index in [0.717, 1.165) is 12.1 Å². The number of piperazine rings is 1. The molecule has 2 heterocycles. The van der Waals surface area contributed by atoms with Gasteiger partial charge in [0.05, 0.1) is 10.6 Å². The van der Waals surface area contributed by atoms with Crippen LogP contribution in [-0.4, -0.2) is 60.4 Å². The fourth-order valence-corrected chi connectivity index (χ4v) is 4.50. The maximum absolute atomic E-state index is 13.2. The number of amides is 2. The minimum Gasteiger partial charge on any atom is -0.368 e. The van der Waals surface area contributed by atoms with Crippen LogP contribution >= 0.6 is 23.2 Å². The van der Waals surface area contributed by atoms with Gasteiger partial charge in [-0.3, -0.25) is 9.59 Å². The van der Waals surface area contributed by atoms with Crippen LogP contribution in [0.25, 0.3) is 0 Å². The second-order valence-electron chi connectivity index (χ2n) is 7.57. The Labute approximate surface area is 185 Å². The van der Waals surface area contributed by atoms with E-state index in [4.69, 9.17) is 23.2 Å². The second kappa shape index (κ2) is 8.82. The zero-order chi connectivity index (χ0) is 21.3. The third-order valence-corrected chi connectivity index (χ3v) is 6.31. The number of benzene rings is 2. The van der Waals surface area contributed by atoms with E-state index in [1.54, 1.807) is 35.2 Å². The highest BCUT2D eigenvalue weighted by molar-refractivity contribution is 6.35. The van der Waals surface area contributed by atoms with Crippen molar-refractivity contribution in [1.82, 2.24) is 9.80 Å². The summed E-state index contributed by atoms with van der Waals surface area (Å²) in [7, 11) is 0. The topological polar surface area (TPSA) is 43.9 Å². The minimum absolute atomic E-state index is 0.0299. The van der Waals surface area contributed by atoms with E-state index in [0.29, 0.717) is 54.8 Å². The summed E-state index contributed by atoms with van der Waals surface area (Å²) in [6, 6.07) is 10.7. The first-order valence-electron chi connectivity index (χ1n) is 9.99. The Morgan fingerprint density at radius 3 is 2.33 bits per heavy atom. The van der Waals surface area contributed by atoms with E-state index in [-0.39, 0.29) is 17.6 Å². The van der Waals surface area contributed by atoms with E-state index in [1.165, 1.54) is 12.1 Å². The summed E-state index contributed by atoms with van der Waals surface area (Å²) in [5, 5.41) is 0.761. The number of carbonyl (C=O) groups is 2. The van der Waals surface area contributed by atoms with Crippen LogP contribution in [0.3, 0.4) is 0 Å². The van der Waals surface area contributed by atoms with Crippen molar-refractivity contribution >= 4 is 40.7 Å². The van der Waals surface area contributed by atoms with Gasteiger partial charge in [0.25, 0.3) is 5.91 Å². The normalized spacial score (nSPS) is 19.3. The van der Waals surface area contributed by atoms with Crippen LogP contribution in [0.1, 0.15) is 23.2 Å². The predicted octanol–water partition coefficient (Wildman–Crippen LogP) is 4.09. The fraction of sp³-hybridized carbons (Fsp3) is 0.364. The highest BCUT2D eigenvalue weighted by atomic mass is 35.5. The Morgan fingerprint density at radius 1 is 0.933 bits per heavy atom. The molecule has 0 saturated carbocycles. The molecular weight excluding hydrogens is 428 g/mol. The van der Waals surface area contributed by atoms with Crippen LogP contribution in [0.2, 0.25) is 10.0 Å². The molecule has 2 fully saturated rings.